The lowest BCUT2D eigenvalue weighted by Crippen LogP contribution is -2.19. The van der Waals surface area contributed by atoms with Crippen LogP contribution in [0.15, 0.2) is 29.3 Å². The maximum Gasteiger partial charge on any atom is 0.151 e. The number of hydrogen-bond donors (Lipinski definition) is 1. The second kappa shape index (κ2) is 5.82. The van der Waals surface area contributed by atoms with Gasteiger partial charge in [0.05, 0.1) is 18.1 Å². The van der Waals surface area contributed by atoms with Crippen LogP contribution in [-0.4, -0.2) is 32.8 Å². The number of benzene rings is 1. The predicted octanol–water partition coefficient (Wildman–Crippen LogP) is 1.87. The highest BCUT2D eigenvalue weighted by atomic mass is 32.2. The summed E-state index contributed by atoms with van der Waals surface area (Å²) < 4.78 is 22.3. The fraction of sp³-hybridized carbons (Fsp3) is 0.417. The first-order valence-electron chi connectivity index (χ1n) is 5.40. The molecule has 4 nitrogen and oxygen atoms in total. The van der Waals surface area contributed by atoms with Gasteiger partial charge in [0, 0.05) is 11.9 Å². The van der Waals surface area contributed by atoms with Crippen LogP contribution in [0.5, 0.6) is 0 Å². The van der Waals surface area contributed by atoms with E-state index in [1.807, 2.05) is 31.2 Å². The van der Waals surface area contributed by atoms with Crippen molar-refractivity contribution in [2.45, 2.75) is 19.1 Å². The molecule has 1 unspecified atom stereocenters. The van der Waals surface area contributed by atoms with E-state index in [-0.39, 0.29) is 6.54 Å². The molecular formula is C12H18N2O2S. The third kappa shape index (κ3) is 4.99. The molecule has 1 atom stereocenters. The van der Waals surface area contributed by atoms with E-state index in [9.17, 15) is 8.42 Å². The largest absolute Gasteiger partial charge is 0.347 e. The number of nitrogens with zero attached hydrogens (tertiary/aromatic N) is 1. The minimum atomic E-state index is -3.00. The summed E-state index contributed by atoms with van der Waals surface area (Å²) in [4.78, 5) is 4.04. The van der Waals surface area contributed by atoms with Gasteiger partial charge in [0.15, 0.2) is 9.84 Å². The first-order chi connectivity index (χ1) is 7.89. The van der Waals surface area contributed by atoms with Crippen molar-refractivity contribution in [2.24, 2.45) is 4.99 Å². The zero-order valence-corrected chi connectivity index (χ0v) is 11.2. The number of sulfone groups is 1. The van der Waals surface area contributed by atoms with Crippen LogP contribution in [0.4, 0.5) is 5.69 Å². The average Bonchev–Trinajstić information content (AvgIpc) is 2.25. The zero-order valence-electron chi connectivity index (χ0n) is 10.3. The van der Waals surface area contributed by atoms with Gasteiger partial charge in [-0.1, -0.05) is 17.7 Å². The number of aryl methyl sites for hydroxylation is 1. The molecule has 0 radical (unpaired) electrons. The molecule has 0 saturated heterocycles. The van der Waals surface area contributed by atoms with Crippen LogP contribution in [0.25, 0.3) is 0 Å². The van der Waals surface area contributed by atoms with Crippen molar-refractivity contribution in [2.75, 3.05) is 18.1 Å². The summed E-state index contributed by atoms with van der Waals surface area (Å²) in [6, 6.07) is 7.88. The van der Waals surface area contributed by atoms with E-state index >= 15 is 0 Å². The Hall–Kier alpha value is -1.36. The molecule has 0 aliphatic carbocycles. The minimum absolute atomic E-state index is 0.275. The molecule has 1 N–H and O–H groups in total. The Morgan fingerprint density at radius 1 is 1.35 bits per heavy atom. The number of hydrogen-bond acceptors (Lipinski definition) is 3. The van der Waals surface area contributed by atoms with Gasteiger partial charge in [-0.3, -0.25) is 4.99 Å². The lowest BCUT2D eigenvalue weighted by molar-refractivity contribution is 0.590. The van der Waals surface area contributed by atoms with Crippen LogP contribution in [0.1, 0.15) is 12.5 Å². The zero-order chi connectivity index (χ0) is 12.9. The highest BCUT2D eigenvalue weighted by Crippen LogP contribution is 2.07. The van der Waals surface area contributed by atoms with Crippen LogP contribution in [0, 0.1) is 6.92 Å². The van der Waals surface area contributed by atoms with Crippen LogP contribution in [0.3, 0.4) is 0 Å². The normalized spacial score (nSPS) is 13.8. The maximum absolute atomic E-state index is 11.1. The van der Waals surface area contributed by atoms with Crippen LogP contribution in [0.2, 0.25) is 0 Å². The number of rotatable bonds is 5. The minimum Gasteiger partial charge on any atom is -0.347 e. The molecule has 0 aromatic heterocycles. The first-order valence-corrected chi connectivity index (χ1v) is 7.35. The summed E-state index contributed by atoms with van der Waals surface area (Å²) in [6.45, 7) is 3.95. The summed E-state index contributed by atoms with van der Waals surface area (Å²) in [7, 11) is -3.00. The second-order valence-corrected chi connectivity index (χ2v) is 6.61. The highest BCUT2D eigenvalue weighted by molar-refractivity contribution is 7.91. The quantitative estimate of drug-likeness (QED) is 0.644. The van der Waals surface area contributed by atoms with E-state index in [0.29, 0.717) is 0 Å². The Morgan fingerprint density at radius 2 is 1.94 bits per heavy atom. The number of anilines is 1. The summed E-state index contributed by atoms with van der Waals surface area (Å²) in [5, 5.41) is 2.55. The lowest BCUT2D eigenvalue weighted by Gasteiger charge is -2.05. The van der Waals surface area contributed by atoms with Gasteiger partial charge in [0.25, 0.3) is 0 Å². The molecule has 0 aliphatic heterocycles. The van der Waals surface area contributed by atoms with Gasteiger partial charge in [0.1, 0.15) is 0 Å². The topological polar surface area (TPSA) is 58.5 Å². The Labute approximate surface area is 103 Å². The van der Waals surface area contributed by atoms with E-state index in [4.69, 9.17) is 0 Å². The fourth-order valence-electron chi connectivity index (χ4n) is 1.11. The Morgan fingerprint density at radius 3 is 2.47 bits per heavy atom. The standard InChI is InChI=1S/C12H18N2O2S/c1-10-4-6-12(7-5-10)14-9-13-8-11(2)17(3,15)16/h4-7,9,11H,8H2,1-3H3,(H,13,14). The summed E-state index contributed by atoms with van der Waals surface area (Å²) >= 11 is 0. The van der Waals surface area contributed by atoms with Crippen LogP contribution < -0.4 is 5.32 Å². The number of nitrogens with one attached hydrogen (secondary N) is 1. The molecule has 1 aromatic rings. The molecule has 94 valence electrons. The molecule has 17 heavy (non-hydrogen) atoms. The van der Waals surface area contributed by atoms with Crippen molar-refractivity contribution >= 4 is 21.9 Å². The van der Waals surface area contributed by atoms with E-state index in [2.05, 4.69) is 10.3 Å². The average molecular weight is 254 g/mol. The van der Waals surface area contributed by atoms with Crippen LogP contribution >= 0.6 is 0 Å². The lowest BCUT2D eigenvalue weighted by atomic mass is 10.2. The molecule has 0 aliphatic rings. The molecule has 5 heteroatoms. The van der Waals surface area contributed by atoms with Crippen LogP contribution in [-0.2, 0) is 9.84 Å². The fourth-order valence-corrected chi connectivity index (χ4v) is 1.46. The molecule has 0 fully saturated rings. The summed E-state index contributed by atoms with van der Waals surface area (Å²) in [5.74, 6) is 0. The number of aliphatic imine (C=N–C) groups is 1. The van der Waals surface area contributed by atoms with Gasteiger partial charge in [-0.2, -0.15) is 0 Å². The third-order valence-corrected chi connectivity index (χ3v) is 4.08. The first kappa shape index (κ1) is 13.7. The molecule has 0 spiro atoms. The summed E-state index contributed by atoms with van der Waals surface area (Å²) in [6.07, 6.45) is 2.76. The second-order valence-electron chi connectivity index (χ2n) is 4.14. The molecular weight excluding hydrogens is 236 g/mol. The van der Waals surface area contributed by atoms with Crippen molar-refractivity contribution in [1.29, 1.82) is 0 Å². The molecule has 1 rings (SSSR count). The van der Waals surface area contributed by atoms with E-state index in [1.54, 1.807) is 6.92 Å². The van der Waals surface area contributed by atoms with E-state index < -0.39 is 15.1 Å². The van der Waals surface area contributed by atoms with Gasteiger partial charge in [-0.05, 0) is 26.0 Å². The smallest absolute Gasteiger partial charge is 0.151 e. The van der Waals surface area contributed by atoms with Gasteiger partial charge in [-0.15, -0.1) is 0 Å². The van der Waals surface area contributed by atoms with Gasteiger partial charge in [-0.25, -0.2) is 8.42 Å². The summed E-state index contributed by atoms with van der Waals surface area (Å²) in [5.41, 5.74) is 2.13. The van der Waals surface area contributed by atoms with Crippen molar-refractivity contribution in [3.63, 3.8) is 0 Å². The van der Waals surface area contributed by atoms with Gasteiger partial charge < -0.3 is 5.32 Å². The van der Waals surface area contributed by atoms with Crippen molar-refractivity contribution in [1.82, 2.24) is 0 Å². The maximum atomic E-state index is 11.1. The van der Waals surface area contributed by atoms with Crippen molar-refractivity contribution < 1.29 is 8.42 Å². The molecule has 0 saturated carbocycles. The monoisotopic (exact) mass is 254 g/mol. The van der Waals surface area contributed by atoms with Gasteiger partial charge >= 0.3 is 0 Å². The highest BCUT2D eigenvalue weighted by Gasteiger charge is 2.12. The van der Waals surface area contributed by atoms with E-state index in [0.717, 1.165) is 5.69 Å². The Kier molecular flexibility index (Phi) is 4.69. The Bertz CT molecular complexity index is 478. The van der Waals surface area contributed by atoms with Crippen molar-refractivity contribution in [3.8, 4) is 0 Å². The SMILES string of the molecule is Cc1ccc(NC=NCC(C)S(C)(=O)=O)cc1. The Balaban J connectivity index is 2.44. The molecule has 1 aromatic carbocycles. The third-order valence-electron chi connectivity index (χ3n) is 2.47. The molecule has 0 bridgehead atoms. The van der Waals surface area contributed by atoms with E-state index in [1.165, 1.54) is 18.2 Å². The van der Waals surface area contributed by atoms with Gasteiger partial charge in [0.2, 0.25) is 0 Å². The van der Waals surface area contributed by atoms with Crippen molar-refractivity contribution in [3.05, 3.63) is 29.8 Å². The molecule has 0 heterocycles. The predicted molar refractivity (Wildman–Crippen MR) is 72.5 cm³/mol. The molecule has 0 amide bonds.